The third-order valence-corrected chi connectivity index (χ3v) is 3.60. The fraction of sp³-hybridized carbons (Fsp3) is 0.583. The molecular weight excluding hydrogens is 246 g/mol. The number of aryl methyl sites for hydroxylation is 1. The Bertz CT molecular complexity index is 501. The third-order valence-electron chi connectivity index (χ3n) is 3.60. The largest absolute Gasteiger partial charge is 0.356 e. The molecule has 2 amide bonds. The lowest BCUT2D eigenvalue weighted by Crippen LogP contribution is -2.40. The maximum atomic E-state index is 12.1. The van der Waals surface area contributed by atoms with Gasteiger partial charge in [0.05, 0.1) is 0 Å². The molecule has 0 aliphatic carbocycles. The standard InChI is InChI=1S/C12H17N5O2/c1-16-6-3-8(11(16)19)14-10(18)9-7-17-5-2-4-13-12(17)15-9/h7-8H,2-6H2,1H3,(H,13,15)(H,14,18). The maximum Gasteiger partial charge on any atom is 0.272 e. The highest BCUT2D eigenvalue weighted by molar-refractivity contribution is 5.96. The Hall–Kier alpha value is -2.05. The quantitative estimate of drug-likeness (QED) is 0.765. The minimum Gasteiger partial charge on any atom is -0.356 e. The summed E-state index contributed by atoms with van der Waals surface area (Å²) in [6, 6.07) is -0.413. The first kappa shape index (κ1) is 12.0. The molecular formula is C12H17N5O2. The number of hydrogen-bond donors (Lipinski definition) is 2. The van der Waals surface area contributed by atoms with Crippen molar-refractivity contribution in [3.05, 3.63) is 11.9 Å². The van der Waals surface area contributed by atoms with Crippen molar-refractivity contribution < 1.29 is 9.59 Å². The van der Waals surface area contributed by atoms with Crippen molar-refractivity contribution in [3.63, 3.8) is 0 Å². The summed E-state index contributed by atoms with van der Waals surface area (Å²) in [4.78, 5) is 29.7. The molecule has 0 radical (unpaired) electrons. The van der Waals surface area contributed by atoms with Crippen molar-refractivity contribution in [2.24, 2.45) is 0 Å². The first-order chi connectivity index (χ1) is 9.15. The van der Waals surface area contributed by atoms with Gasteiger partial charge < -0.3 is 20.1 Å². The van der Waals surface area contributed by atoms with E-state index in [1.54, 1.807) is 18.1 Å². The number of likely N-dealkylation sites (N-methyl/N-ethyl adjacent to an activating group) is 1. The Balaban J connectivity index is 1.70. The second-order valence-electron chi connectivity index (χ2n) is 5.00. The second kappa shape index (κ2) is 4.56. The molecule has 0 saturated carbocycles. The molecule has 0 bridgehead atoms. The van der Waals surface area contributed by atoms with Gasteiger partial charge in [0, 0.05) is 32.9 Å². The first-order valence-corrected chi connectivity index (χ1v) is 6.52. The van der Waals surface area contributed by atoms with E-state index in [2.05, 4.69) is 15.6 Å². The third kappa shape index (κ3) is 2.16. The topological polar surface area (TPSA) is 79.3 Å². The van der Waals surface area contributed by atoms with Crippen LogP contribution >= 0.6 is 0 Å². The molecule has 2 aliphatic rings. The van der Waals surface area contributed by atoms with E-state index in [9.17, 15) is 9.59 Å². The molecule has 3 heterocycles. The molecule has 1 aromatic heterocycles. The van der Waals surface area contributed by atoms with Crippen LogP contribution in [0.5, 0.6) is 0 Å². The summed E-state index contributed by atoms with van der Waals surface area (Å²) in [5.41, 5.74) is 0.367. The molecule has 0 aromatic carbocycles. The first-order valence-electron chi connectivity index (χ1n) is 6.52. The molecule has 1 atom stereocenters. The van der Waals surface area contributed by atoms with Crippen LogP contribution < -0.4 is 10.6 Å². The van der Waals surface area contributed by atoms with Crippen LogP contribution in [-0.4, -0.2) is 52.4 Å². The molecule has 102 valence electrons. The van der Waals surface area contributed by atoms with Crippen LogP contribution in [0.4, 0.5) is 5.95 Å². The van der Waals surface area contributed by atoms with Crippen molar-refractivity contribution in [3.8, 4) is 0 Å². The molecule has 2 N–H and O–H groups in total. The molecule has 1 saturated heterocycles. The number of hydrogen-bond acceptors (Lipinski definition) is 4. The molecule has 7 heteroatoms. The number of carbonyl (C=O) groups excluding carboxylic acids is 2. The highest BCUT2D eigenvalue weighted by Gasteiger charge is 2.31. The summed E-state index contributed by atoms with van der Waals surface area (Å²) in [6.45, 7) is 2.43. The van der Waals surface area contributed by atoms with Gasteiger partial charge in [-0.05, 0) is 12.8 Å². The fourth-order valence-corrected chi connectivity index (χ4v) is 2.47. The highest BCUT2D eigenvalue weighted by atomic mass is 16.2. The lowest BCUT2D eigenvalue weighted by atomic mass is 10.2. The average molecular weight is 263 g/mol. The van der Waals surface area contributed by atoms with Crippen molar-refractivity contribution in [1.29, 1.82) is 0 Å². The van der Waals surface area contributed by atoms with E-state index in [1.165, 1.54) is 0 Å². The Morgan fingerprint density at radius 2 is 2.37 bits per heavy atom. The minimum atomic E-state index is -0.413. The predicted molar refractivity (Wildman–Crippen MR) is 68.8 cm³/mol. The summed E-state index contributed by atoms with van der Waals surface area (Å²) < 4.78 is 1.93. The summed E-state index contributed by atoms with van der Waals surface area (Å²) in [5.74, 6) is 0.416. The van der Waals surface area contributed by atoms with Crippen LogP contribution in [0.15, 0.2) is 6.20 Å². The van der Waals surface area contributed by atoms with E-state index in [1.807, 2.05) is 4.57 Å². The van der Waals surface area contributed by atoms with Crippen LogP contribution in [0, 0.1) is 0 Å². The summed E-state index contributed by atoms with van der Waals surface area (Å²) in [7, 11) is 1.74. The van der Waals surface area contributed by atoms with E-state index >= 15 is 0 Å². The number of amides is 2. The van der Waals surface area contributed by atoms with E-state index in [-0.39, 0.29) is 11.8 Å². The van der Waals surface area contributed by atoms with Crippen molar-refractivity contribution in [2.45, 2.75) is 25.4 Å². The highest BCUT2D eigenvalue weighted by Crippen LogP contribution is 2.15. The van der Waals surface area contributed by atoms with Gasteiger partial charge >= 0.3 is 0 Å². The Morgan fingerprint density at radius 1 is 1.53 bits per heavy atom. The number of imidazole rings is 1. The van der Waals surface area contributed by atoms with Gasteiger partial charge in [-0.25, -0.2) is 4.98 Å². The van der Waals surface area contributed by atoms with Gasteiger partial charge in [-0.1, -0.05) is 0 Å². The number of nitrogens with one attached hydrogen (secondary N) is 2. The van der Waals surface area contributed by atoms with E-state index in [0.717, 1.165) is 25.5 Å². The van der Waals surface area contributed by atoms with Crippen LogP contribution in [0.3, 0.4) is 0 Å². The summed E-state index contributed by atoms with van der Waals surface area (Å²) in [6.07, 6.45) is 3.42. The number of nitrogens with zero attached hydrogens (tertiary/aromatic N) is 3. The number of aromatic nitrogens is 2. The maximum absolute atomic E-state index is 12.1. The number of rotatable bonds is 2. The molecule has 2 aliphatic heterocycles. The number of carbonyl (C=O) groups is 2. The molecule has 19 heavy (non-hydrogen) atoms. The molecule has 1 aromatic rings. The van der Waals surface area contributed by atoms with Crippen molar-refractivity contribution in [1.82, 2.24) is 19.8 Å². The Morgan fingerprint density at radius 3 is 3.05 bits per heavy atom. The van der Waals surface area contributed by atoms with Gasteiger partial charge in [0.2, 0.25) is 11.9 Å². The monoisotopic (exact) mass is 263 g/mol. The normalized spacial score (nSPS) is 22.1. The van der Waals surface area contributed by atoms with E-state index < -0.39 is 6.04 Å². The molecule has 0 spiro atoms. The lowest BCUT2D eigenvalue weighted by molar-refractivity contribution is -0.128. The van der Waals surface area contributed by atoms with Crippen molar-refractivity contribution in [2.75, 3.05) is 25.5 Å². The van der Waals surface area contributed by atoms with Gasteiger partial charge in [0.25, 0.3) is 5.91 Å². The molecule has 1 unspecified atom stereocenters. The van der Waals surface area contributed by atoms with E-state index in [4.69, 9.17) is 0 Å². The van der Waals surface area contributed by atoms with Crippen LogP contribution in [0.25, 0.3) is 0 Å². The van der Waals surface area contributed by atoms with Crippen LogP contribution in [0.2, 0.25) is 0 Å². The zero-order valence-electron chi connectivity index (χ0n) is 10.8. The van der Waals surface area contributed by atoms with Gasteiger partial charge in [0.15, 0.2) is 0 Å². The molecule has 7 nitrogen and oxygen atoms in total. The zero-order chi connectivity index (χ0) is 13.4. The van der Waals surface area contributed by atoms with E-state index in [0.29, 0.717) is 18.7 Å². The predicted octanol–water partition coefficient (Wildman–Crippen LogP) is -0.341. The summed E-state index contributed by atoms with van der Waals surface area (Å²) >= 11 is 0. The summed E-state index contributed by atoms with van der Waals surface area (Å²) in [5, 5.41) is 5.89. The minimum absolute atomic E-state index is 0.0320. The van der Waals surface area contributed by atoms with Gasteiger partial charge in [-0.2, -0.15) is 0 Å². The van der Waals surface area contributed by atoms with Gasteiger partial charge in [-0.3, -0.25) is 9.59 Å². The Kier molecular flexibility index (Phi) is 2.88. The number of likely N-dealkylation sites (tertiary alicyclic amines) is 1. The fourth-order valence-electron chi connectivity index (χ4n) is 2.47. The number of fused-ring (bicyclic) bond motifs is 1. The van der Waals surface area contributed by atoms with Gasteiger partial charge in [-0.15, -0.1) is 0 Å². The van der Waals surface area contributed by atoms with Gasteiger partial charge in [0.1, 0.15) is 11.7 Å². The number of anilines is 1. The zero-order valence-corrected chi connectivity index (χ0v) is 10.8. The molecule has 1 fully saturated rings. The molecule has 3 rings (SSSR count). The SMILES string of the molecule is CN1CCC(NC(=O)c2cn3c(n2)NCCC3)C1=O. The van der Waals surface area contributed by atoms with Crippen LogP contribution in [-0.2, 0) is 11.3 Å². The lowest BCUT2D eigenvalue weighted by Gasteiger charge is -2.14. The second-order valence-corrected chi connectivity index (χ2v) is 5.00. The Labute approximate surface area is 111 Å². The van der Waals surface area contributed by atoms with Crippen molar-refractivity contribution >= 4 is 17.8 Å². The van der Waals surface area contributed by atoms with Crippen LogP contribution in [0.1, 0.15) is 23.3 Å². The average Bonchev–Trinajstić information content (AvgIpc) is 2.97. The smallest absolute Gasteiger partial charge is 0.272 e.